The Balaban J connectivity index is 1.75. The fraction of sp³-hybridized carbons (Fsp3) is 0.350. The number of hydrogen-bond acceptors (Lipinski definition) is 5. The van der Waals surface area contributed by atoms with Crippen LogP contribution in [0, 0.1) is 13.8 Å². The number of hydrogen-bond donors (Lipinski definition) is 0. The Morgan fingerprint density at radius 1 is 0.963 bits per heavy atom. The van der Waals surface area contributed by atoms with Gasteiger partial charge in [0.25, 0.3) is 0 Å². The van der Waals surface area contributed by atoms with Crippen LogP contribution in [0.2, 0.25) is 0 Å². The van der Waals surface area contributed by atoms with Crippen LogP contribution in [-0.2, 0) is 10.0 Å². The maximum atomic E-state index is 12.9. The average molecular weight is 388 g/mol. The zero-order chi connectivity index (χ0) is 19.6. The molecule has 1 aliphatic rings. The molecule has 27 heavy (non-hydrogen) atoms. The summed E-state index contributed by atoms with van der Waals surface area (Å²) >= 11 is 0. The second kappa shape index (κ2) is 7.70. The molecule has 1 saturated heterocycles. The van der Waals surface area contributed by atoms with E-state index in [-0.39, 0.29) is 4.90 Å². The minimum atomic E-state index is -3.52. The Kier molecular flexibility index (Phi) is 5.53. The van der Waals surface area contributed by atoms with E-state index in [1.165, 1.54) is 4.31 Å². The second-order valence-electron chi connectivity index (χ2n) is 6.68. The SMILES string of the molecule is COc1ccc(S(=O)(=O)N2CCN(c3cc(C)c(C=O)cc3C)CC2)cc1. The summed E-state index contributed by atoms with van der Waals surface area (Å²) in [7, 11) is -1.97. The van der Waals surface area contributed by atoms with Gasteiger partial charge >= 0.3 is 0 Å². The number of carbonyl (C=O) groups excluding carboxylic acids is 1. The van der Waals surface area contributed by atoms with Crippen molar-refractivity contribution < 1.29 is 17.9 Å². The van der Waals surface area contributed by atoms with Gasteiger partial charge in [0, 0.05) is 37.4 Å². The van der Waals surface area contributed by atoms with Crippen molar-refractivity contribution in [1.29, 1.82) is 0 Å². The molecule has 144 valence electrons. The molecular weight excluding hydrogens is 364 g/mol. The summed E-state index contributed by atoms with van der Waals surface area (Å²) in [6.07, 6.45) is 0.867. The first-order valence-corrected chi connectivity index (χ1v) is 10.3. The number of rotatable bonds is 5. The minimum Gasteiger partial charge on any atom is -0.497 e. The van der Waals surface area contributed by atoms with Gasteiger partial charge in [0.2, 0.25) is 10.0 Å². The number of methoxy groups -OCH3 is 1. The van der Waals surface area contributed by atoms with Crippen LogP contribution in [-0.4, -0.2) is 52.3 Å². The lowest BCUT2D eigenvalue weighted by molar-refractivity contribution is 0.112. The van der Waals surface area contributed by atoms with Gasteiger partial charge in [-0.05, 0) is 61.4 Å². The molecule has 1 aliphatic heterocycles. The number of aryl methyl sites for hydroxylation is 2. The molecule has 0 aromatic heterocycles. The molecule has 0 amide bonds. The first kappa shape index (κ1) is 19.4. The lowest BCUT2D eigenvalue weighted by Crippen LogP contribution is -2.48. The van der Waals surface area contributed by atoms with E-state index in [9.17, 15) is 13.2 Å². The fourth-order valence-corrected chi connectivity index (χ4v) is 4.78. The lowest BCUT2D eigenvalue weighted by Gasteiger charge is -2.36. The number of piperazine rings is 1. The van der Waals surface area contributed by atoms with Crippen molar-refractivity contribution in [3.63, 3.8) is 0 Å². The van der Waals surface area contributed by atoms with E-state index in [0.717, 1.165) is 23.1 Å². The van der Waals surface area contributed by atoms with Crippen molar-refractivity contribution in [2.75, 3.05) is 38.2 Å². The van der Waals surface area contributed by atoms with Crippen LogP contribution in [0.5, 0.6) is 5.75 Å². The van der Waals surface area contributed by atoms with Gasteiger partial charge in [-0.25, -0.2) is 8.42 Å². The molecule has 2 aromatic carbocycles. The number of ether oxygens (including phenoxy) is 1. The van der Waals surface area contributed by atoms with Gasteiger partial charge in [0.1, 0.15) is 12.0 Å². The summed E-state index contributed by atoms with van der Waals surface area (Å²) in [5, 5.41) is 0. The zero-order valence-electron chi connectivity index (χ0n) is 15.8. The van der Waals surface area contributed by atoms with E-state index in [1.54, 1.807) is 31.4 Å². The molecule has 1 heterocycles. The van der Waals surface area contributed by atoms with Crippen molar-refractivity contribution in [1.82, 2.24) is 4.31 Å². The van der Waals surface area contributed by atoms with Crippen LogP contribution in [0.3, 0.4) is 0 Å². The highest BCUT2D eigenvalue weighted by molar-refractivity contribution is 7.89. The molecule has 0 aliphatic carbocycles. The molecule has 3 rings (SSSR count). The highest BCUT2D eigenvalue weighted by Gasteiger charge is 2.29. The number of aldehydes is 1. The van der Waals surface area contributed by atoms with Gasteiger partial charge in [-0.2, -0.15) is 4.31 Å². The third kappa shape index (κ3) is 3.84. The Hall–Kier alpha value is -2.38. The van der Waals surface area contributed by atoms with Gasteiger partial charge in [-0.3, -0.25) is 4.79 Å². The first-order valence-electron chi connectivity index (χ1n) is 8.82. The third-order valence-corrected chi connectivity index (χ3v) is 6.90. The largest absolute Gasteiger partial charge is 0.497 e. The van der Waals surface area contributed by atoms with Crippen LogP contribution in [0.1, 0.15) is 21.5 Å². The molecule has 0 radical (unpaired) electrons. The predicted octanol–water partition coefficient (Wildman–Crippen LogP) is 2.64. The van der Waals surface area contributed by atoms with Crippen LogP contribution >= 0.6 is 0 Å². The van der Waals surface area contributed by atoms with E-state index < -0.39 is 10.0 Å². The van der Waals surface area contributed by atoms with E-state index in [2.05, 4.69) is 4.90 Å². The molecule has 0 atom stereocenters. The summed E-state index contributed by atoms with van der Waals surface area (Å²) in [5.74, 6) is 0.628. The van der Waals surface area contributed by atoms with E-state index >= 15 is 0 Å². The van der Waals surface area contributed by atoms with Crippen molar-refractivity contribution in [2.45, 2.75) is 18.7 Å². The number of anilines is 1. The number of carbonyl (C=O) groups is 1. The van der Waals surface area contributed by atoms with Gasteiger partial charge in [-0.1, -0.05) is 0 Å². The number of sulfonamides is 1. The normalized spacial score (nSPS) is 15.6. The summed E-state index contributed by atoms with van der Waals surface area (Å²) in [4.78, 5) is 13.6. The predicted molar refractivity (Wildman–Crippen MR) is 105 cm³/mol. The van der Waals surface area contributed by atoms with Gasteiger partial charge in [0.15, 0.2) is 0 Å². The number of nitrogens with zero attached hydrogens (tertiary/aromatic N) is 2. The van der Waals surface area contributed by atoms with Crippen molar-refractivity contribution in [2.24, 2.45) is 0 Å². The number of benzene rings is 2. The standard InChI is InChI=1S/C20H24N2O4S/c1-15-13-20(16(2)12-17(15)14-23)21-8-10-22(11-9-21)27(24,25)19-6-4-18(26-3)5-7-19/h4-7,12-14H,8-11H2,1-3H3. The van der Waals surface area contributed by atoms with Crippen LogP contribution < -0.4 is 9.64 Å². The maximum Gasteiger partial charge on any atom is 0.243 e. The van der Waals surface area contributed by atoms with E-state index in [1.807, 2.05) is 26.0 Å². The zero-order valence-corrected chi connectivity index (χ0v) is 16.6. The Bertz CT molecular complexity index is 931. The average Bonchev–Trinajstić information content (AvgIpc) is 2.69. The minimum absolute atomic E-state index is 0.277. The second-order valence-corrected chi connectivity index (χ2v) is 8.62. The molecule has 7 heteroatoms. The molecule has 1 fully saturated rings. The van der Waals surface area contributed by atoms with Crippen LogP contribution in [0.4, 0.5) is 5.69 Å². The van der Waals surface area contributed by atoms with E-state index in [0.29, 0.717) is 37.5 Å². The Labute approximate surface area is 160 Å². The molecule has 2 aromatic rings. The highest BCUT2D eigenvalue weighted by atomic mass is 32.2. The molecule has 0 saturated carbocycles. The fourth-order valence-electron chi connectivity index (χ4n) is 3.36. The monoisotopic (exact) mass is 388 g/mol. The van der Waals surface area contributed by atoms with Crippen LogP contribution in [0.25, 0.3) is 0 Å². The quantitative estimate of drug-likeness (QED) is 0.737. The van der Waals surface area contributed by atoms with Crippen molar-refractivity contribution in [3.05, 3.63) is 53.1 Å². The molecular formula is C20H24N2O4S. The summed E-state index contributed by atoms with van der Waals surface area (Å²) in [6, 6.07) is 10.4. The van der Waals surface area contributed by atoms with Crippen molar-refractivity contribution >= 4 is 22.0 Å². The Morgan fingerprint density at radius 2 is 1.59 bits per heavy atom. The molecule has 0 spiro atoms. The highest BCUT2D eigenvalue weighted by Crippen LogP contribution is 2.27. The molecule has 0 bridgehead atoms. The lowest BCUT2D eigenvalue weighted by atomic mass is 10.0. The van der Waals surface area contributed by atoms with Gasteiger partial charge < -0.3 is 9.64 Å². The van der Waals surface area contributed by atoms with E-state index in [4.69, 9.17) is 4.74 Å². The molecule has 6 nitrogen and oxygen atoms in total. The Morgan fingerprint density at radius 3 is 2.15 bits per heavy atom. The maximum absolute atomic E-state index is 12.9. The van der Waals surface area contributed by atoms with Gasteiger partial charge in [-0.15, -0.1) is 0 Å². The summed E-state index contributed by atoms with van der Waals surface area (Å²) < 4.78 is 32.3. The molecule has 0 N–H and O–H groups in total. The van der Waals surface area contributed by atoms with Crippen LogP contribution in [0.15, 0.2) is 41.3 Å². The first-order chi connectivity index (χ1) is 12.9. The third-order valence-electron chi connectivity index (χ3n) is 4.99. The molecule has 0 unspecified atom stereocenters. The summed E-state index contributed by atoms with van der Waals surface area (Å²) in [5.41, 5.74) is 3.70. The smallest absolute Gasteiger partial charge is 0.243 e. The van der Waals surface area contributed by atoms with Gasteiger partial charge in [0.05, 0.1) is 12.0 Å². The summed E-state index contributed by atoms with van der Waals surface area (Å²) in [6.45, 7) is 5.94. The van der Waals surface area contributed by atoms with Crippen molar-refractivity contribution in [3.8, 4) is 5.75 Å². The topological polar surface area (TPSA) is 66.9 Å².